The van der Waals surface area contributed by atoms with Gasteiger partial charge in [0, 0.05) is 26.2 Å². The number of urea groups is 1. The first kappa shape index (κ1) is 16.7. The van der Waals surface area contributed by atoms with Crippen molar-refractivity contribution in [3.05, 3.63) is 0 Å². The molecule has 0 radical (unpaired) electrons. The molecule has 1 atom stereocenters. The summed E-state index contributed by atoms with van der Waals surface area (Å²) in [6, 6.07) is -0.337. The van der Waals surface area contributed by atoms with Gasteiger partial charge in [-0.05, 0) is 20.3 Å². The molecule has 0 fully saturated rings. The lowest BCUT2D eigenvalue weighted by Crippen LogP contribution is -2.49. The fourth-order valence-corrected chi connectivity index (χ4v) is 1.55. The van der Waals surface area contributed by atoms with Gasteiger partial charge in [0.1, 0.15) is 6.54 Å². The second-order valence-electron chi connectivity index (χ2n) is 4.13. The van der Waals surface area contributed by atoms with E-state index in [2.05, 4.69) is 0 Å². The molecule has 0 saturated carbocycles. The van der Waals surface area contributed by atoms with Gasteiger partial charge in [-0.15, -0.1) is 0 Å². The average Bonchev–Trinajstić information content (AvgIpc) is 2.35. The summed E-state index contributed by atoms with van der Waals surface area (Å²) in [6.07, 6.45) is 0.723. The molecule has 6 nitrogen and oxygen atoms in total. The van der Waals surface area contributed by atoms with Gasteiger partial charge in [-0.3, -0.25) is 4.79 Å². The van der Waals surface area contributed by atoms with Crippen molar-refractivity contribution >= 4 is 12.0 Å². The van der Waals surface area contributed by atoms with Gasteiger partial charge in [0.15, 0.2) is 0 Å². The first-order valence-corrected chi connectivity index (χ1v) is 6.24. The molecule has 1 unspecified atom stereocenters. The van der Waals surface area contributed by atoms with Gasteiger partial charge in [-0.2, -0.15) is 0 Å². The lowest BCUT2D eigenvalue weighted by molar-refractivity contribution is -0.138. The van der Waals surface area contributed by atoms with Crippen molar-refractivity contribution in [2.75, 3.05) is 33.4 Å². The zero-order valence-corrected chi connectivity index (χ0v) is 11.7. The first-order valence-electron chi connectivity index (χ1n) is 6.24. The van der Waals surface area contributed by atoms with Crippen LogP contribution in [-0.2, 0) is 9.53 Å². The molecule has 1 N–H and O–H groups in total. The number of carbonyl (C=O) groups is 2. The fraction of sp³-hybridized carbons (Fsp3) is 0.833. The van der Waals surface area contributed by atoms with Gasteiger partial charge in [0.25, 0.3) is 0 Å². The topological polar surface area (TPSA) is 70.1 Å². The Morgan fingerprint density at radius 2 is 1.94 bits per heavy atom. The van der Waals surface area contributed by atoms with Crippen LogP contribution in [0.5, 0.6) is 0 Å². The van der Waals surface area contributed by atoms with Crippen LogP contribution in [0.25, 0.3) is 0 Å². The molecule has 0 aliphatic heterocycles. The summed E-state index contributed by atoms with van der Waals surface area (Å²) in [5, 5.41) is 8.87. The minimum absolute atomic E-state index is 0.0924. The summed E-state index contributed by atoms with van der Waals surface area (Å²) in [5.74, 6) is -0.994. The Kier molecular flexibility index (Phi) is 8.11. The Morgan fingerprint density at radius 3 is 2.33 bits per heavy atom. The molecule has 2 amide bonds. The second-order valence-corrected chi connectivity index (χ2v) is 4.13. The van der Waals surface area contributed by atoms with E-state index in [0.29, 0.717) is 19.7 Å². The molecular formula is C12H24N2O4. The first-order chi connectivity index (χ1) is 8.47. The molecule has 0 aromatic carbocycles. The number of ether oxygens (including phenoxy) is 1. The Balaban J connectivity index is 4.73. The Bertz CT molecular complexity index is 271. The summed E-state index contributed by atoms with van der Waals surface area (Å²) in [5.41, 5.74) is 0. The molecule has 0 aliphatic rings. The molecule has 18 heavy (non-hydrogen) atoms. The van der Waals surface area contributed by atoms with Crippen molar-refractivity contribution in [1.82, 2.24) is 9.80 Å². The maximum Gasteiger partial charge on any atom is 0.323 e. The van der Waals surface area contributed by atoms with Gasteiger partial charge in [-0.25, -0.2) is 4.79 Å². The van der Waals surface area contributed by atoms with E-state index in [1.54, 1.807) is 12.0 Å². The van der Waals surface area contributed by atoms with Crippen LogP contribution in [0.4, 0.5) is 4.79 Å². The van der Waals surface area contributed by atoms with Crippen molar-refractivity contribution in [3.63, 3.8) is 0 Å². The third kappa shape index (κ3) is 5.35. The summed E-state index contributed by atoms with van der Waals surface area (Å²) in [4.78, 5) is 26.1. The van der Waals surface area contributed by atoms with Crippen molar-refractivity contribution in [2.45, 2.75) is 33.2 Å². The van der Waals surface area contributed by atoms with Crippen molar-refractivity contribution < 1.29 is 19.4 Å². The molecule has 0 bridgehead atoms. The van der Waals surface area contributed by atoms with Crippen LogP contribution in [0.15, 0.2) is 0 Å². The smallest absolute Gasteiger partial charge is 0.323 e. The van der Waals surface area contributed by atoms with Crippen LogP contribution in [0, 0.1) is 0 Å². The summed E-state index contributed by atoms with van der Waals surface area (Å²) < 4.78 is 4.94. The monoisotopic (exact) mass is 260 g/mol. The molecule has 0 aromatic heterocycles. The van der Waals surface area contributed by atoms with Crippen LogP contribution >= 0.6 is 0 Å². The average molecular weight is 260 g/mol. The van der Waals surface area contributed by atoms with E-state index >= 15 is 0 Å². The van der Waals surface area contributed by atoms with Crippen LogP contribution in [0.3, 0.4) is 0 Å². The number of rotatable bonds is 8. The van der Waals surface area contributed by atoms with Gasteiger partial charge >= 0.3 is 12.0 Å². The Labute approximate surface area is 109 Å². The minimum atomic E-state index is -0.994. The molecule has 0 saturated heterocycles. The number of aliphatic carboxylic acids is 1. The molecule has 6 heteroatoms. The molecule has 106 valence electrons. The van der Waals surface area contributed by atoms with E-state index in [1.165, 1.54) is 4.90 Å². The number of carbonyl (C=O) groups excluding carboxylic acids is 1. The predicted molar refractivity (Wildman–Crippen MR) is 68.6 cm³/mol. The van der Waals surface area contributed by atoms with Crippen molar-refractivity contribution in [3.8, 4) is 0 Å². The molecule has 0 spiro atoms. The Morgan fingerprint density at radius 1 is 1.33 bits per heavy atom. The molecule has 0 rings (SSSR count). The highest BCUT2D eigenvalue weighted by Crippen LogP contribution is 2.08. The highest BCUT2D eigenvalue weighted by Gasteiger charge is 2.25. The van der Waals surface area contributed by atoms with E-state index in [1.807, 2.05) is 20.8 Å². The number of hydrogen-bond acceptors (Lipinski definition) is 3. The normalized spacial score (nSPS) is 12.0. The number of carboxylic acid groups (broad SMARTS) is 1. The van der Waals surface area contributed by atoms with Crippen molar-refractivity contribution in [1.29, 1.82) is 0 Å². The lowest BCUT2D eigenvalue weighted by atomic mass is 10.2. The zero-order chi connectivity index (χ0) is 14.1. The van der Waals surface area contributed by atoms with E-state index in [0.717, 1.165) is 6.42 Å². The van der Waals surface area contributed by atoms with Gasteiger partial charge in [0.2, 0.25) is 0 Å². The minimum Gasteiger partial charge on any atom is -0.480 e. The van der Waals surface area contributed by atoms with Gasteiger partial charge in [-0.1, -0.05) is 6.92 Å². The van der Waals surface area contributed by atoms with Gasteiger partial charge < -0.3 is 19.6 Å². The number of nitrogens with zero attached hydrogens (tertiary/aromatic N) is 2. The maximum atomic E-state index is 12.2. The number of methoxy groups -OCH3 is 1. The number of hydrogen-bond donors (Lipinski definition) is 1. The third-order valence-electron chi connectivity index (χ3n) is 2.89. The highest BCUT2D eigenvalue weighted by atomic mass is 16.5. The van der Waals surface area contributed by atoms with E-state index in [4.69, 9.17) is 9.84 Å². The Hall–Kier alpha value is -1.30. The van der Waals surface area contributed by atoms with E-state index in [-0.39, 0.29) is 18.6 Å². The molecule has 0 heterocycles. The standard InChI is InChI=1S/C12H24N2O4/c1-5-10(3)14(9-11(15)16)12(17)13(6-2)7-8-18-4/h10H,5-9H2,1-4H3,(H,15,16). The maximum absolute atomic E-state index is 12.2. The van der Waals surface area contributed by atoms with Crippen molar-refractivity contribution in [2.24, 2.45) is 0 Å². The van der Waals surface area contributed by atoms with E-state index in [9.17, 15) is 9.59 Å². The lowest BCUT2D eigenvalue weighted by Gasteiger charge is -2.32. The predicted octanol–water partition coefficient (Wildman–Crippen LogP) is 1.26. The van der Waals surface area contributed by atoms with Crippen LogP contribution in [0.1, 0.15) is 27.2 Å². The number of carboxylic acids is 1. The quantitative estimate of drug-likeness (QED) is 0.713. The molecule has 0 aromatic rings. The summed E-state index contributed by atoms with van der Waals surface area (Å²) in [6.45, 7) is 6.83. The second kappa shape index (κ2) is 8.74. The summed E-state index contributed by atoms with van der Waals surface area (Å²) >= 11 is 0. The van der Waals surface area contributed by atoms with Crippen LogP contribution in [0.2, 0.25) is 0 Å². The van der Waals surface area contributed by atoms with Gasteiger partial charge in [0.05, 0.1) is 6.61 Å². The molecule has 0 aliphatic carbocycles. The largest absolute Gasteiger partial charge is 0.480 e. The van der Waals surface area contributed by atoms with Crippen LogP contribution in [-0.4, -0.2) is 66.3 Å². The summed E-state index contributed by atoms with van der Waals surface area (Å²) in [7, 11) is 1.57. The highest BCUT2D eigenvalue weighted by molar-refractivity contribution is 5.80. The number of likely N-dealkylation sites (N-methyl/N-ethyl adjacent to an activating group) is 1. The zero-order valence-electron chi connectivity index (χ0n) is 11.7. The number of amides is 2. The SMILES string of the molecule is CCC(C)N(CC(=O)O)C(=O)N(CC)CCOC. The third-order valence-corrected chi connectivity index (χ3v) is 2.89. The molecular weight excluding hydrogens is 236 g/mol. The fourth-order valence-electron chi connectivity index (χ4n) is 1.55. The van der Waals surface area contributed by atoms with E-state index < -0.39 is 5.97 Å². The van der Waals surface area contributed by atoms with Crippen LogP contribution < -0.4 is 0 Å².